The van der Waals surface area contributed by atoms with Crippen molar-refractivity contribution in [3.8, 4) is 5.75 Å². The van der Waals surface area contributed by atoms with E-state index in [1.54, 1.807) is 24.3 Å². The smallest absolute Gasteiger partial charge is 0.224 e. The van der Waals surface area contributed by atoms with Crippen molar-refractivity contribution in [2.24, 2.45) is 0 Å². The van der Waals surface area contributed by atoms with Gasteiger partial charge in [-0.05, 0) is 34.2 Å². The first-order valence-corrected chi connectivity index (χ1v) is 8.09. The topological polar surface area (TPSA) is 69.6 Å². The van der Waals surface area contributed by atoms with Crippen LogP contribution in [0.15, 0.2) is 48.5 Å². The molecule has 0 fully saturated rings. The van der Waals surface area contributed by atoms with Gasteiger partial charge in [0, 0.05) is 6.54 Å². The number of rotatable bonds is 5. The number of amides is 1. The number of nitrogens with one attached hydrogen (secondary N) is 1. The number of carbonyl (C=O) groups excluding carboxylic acids is 1. The second-order valence-electron chi connectivity index (χ2n) is 7.04. The maximum Gasteiger partial charge on any atom is 0.224 e. The number of carbonyl (C=O) groups is 1. The molecule has 2 rings (SSSR count). The summed E-state index contributed by atoms with van der Waals surface area (Å²) in [6.07, 6.45) is -0.515. The van der Waals surface area contributed by atoms with Crippen LogP contribution in [0, 0.1) is 0 Å². The third-order valence-electron chi connectivity index (χ3n) is 3.96. The quantitative estimate of drug-likeness (QED) is 0.790. The predicted molar refractivity (Wildman–Crippen MR) is 94.9 cm³/mol. The van der Waals surface area contributed by atoms with Crippen LogP contribution in [-0.2, 0) is 16.6 Å². The summed E-state index contributed by atoms with van der Waals surface area (Å²) in [5.74, 6) is 0.0133. The summed E-state index contributed by atoms with van der Waals surface area (Å²) >= 11 is 0. The van der Waals surface area contributed by atoms with Gasteiger partial charge >= 0.3 is 0 Å². The molecule has 0 aliphatic heterocycles. The molecule has 1 unspecified atom stereocenters. The Kier molecular flexibility index (Phi) is 5.62. The fourth-order valence-corrected chi connectivity index (χ4v) is 2.40. The third-order valence-corrected chi connectivity index (χ3v) is 3.96. The van der Waals surface area contributed by atoms with Crippen LogP contribution in [0.4, 0.5) is 0 Å². The zero-order valence-corrected chi connectivity index (χ0v) is 14.4. The van der Waals surface area contributed by atoms with E-state index in [1.165, 1.54) is 5.56 Å². The van der Waals surface area contributed by atoms with Gasteiger partial charge < -0.3 is 15.5 Å². The molecule has 2 aromatic carbocycles. The molecule has 0 heterocycles. The summed E-state index contributed by atoms with van der Waals surface area (Å²) in [6.45, 7) is 6.59. The van der Waals surface area contributed by atoms with Crippen LogP contribution in [0.2, 0.25) is 0 Å². The molecule has 0 bridgehead atoms. The van der Waals surface area contributed by atoms with Gasteiger partial charge in [-0.15, -0.1) is 0 Å². The second-order valence-corrected chi connectivity index (χ2v) is 7.04. The molecule has 1 amide bonds. The van der Waals surface area contributed by atoms with Gasteiger partial charge in [0.25, 0.3) is 0 Å². The van der Waals surface area contributed by atoms with Crippen LogP contribution in [0.1, 0.15) is 43.6 Å². The minimum absolute atomic E-state index is 0.0712. The minimum atomic E-state index is -0.734. The summed E-state index contributed by atoms with van der Waals surface area (Å²) in [6, 6.07) is 14.3. The van der Waals surface area contributed by atoms with Crippen LogP contribution in [0.5, 0.6) is 5.75 Å². The highest BCUT2D eigenvalue weighted by atomic mass is 16.3. The zero-order valence-electron chi connectivity index (χ0n) is 14.4. The van der Waals surface area contributed by atoms with Gasteiger partial charge in [0.05, 0.1) is 12.5 Å². The normalized spacial score (nSPS) is 12.7. The maximum absolute atomic E-state index is 11.9. The molecule has 0 radical (unpaired) electrons. The first kappa shape index (κ1) is 18.0. The summed E-state index contributed by atoms with van der Waals surface area (Å²) in [7, 11) is 0. The van der Waals surface area contributed by atoms with Crippen molar-refractivity contribution in [1.82, 2.24) is 5.32 Å². The van der Waals surface area contributed by atoms with Gasteiger partial charge in [-0.1, -0.05) is 57.2 Å². The summed E-state index contributed by atoms with van der Waals surface area (Å²) < 4.78 is 0. The molecule has 0 saturated carbocycles. The molecule has 0 aliphatic rings. The fourth-order valence-electron chi connectivity index (χ4n) is 2.40. The van der Waals surface area contributed by atoms with Crippen LogP contribution in [0.3, 0.4) is 0 Å². The number of phenols is 1. The number of hydrogen-bond donors (Lipinski definition) is 3. The first-order chi connectivity index (χ1) is 11.3. The number of phenolic OH excluding ortho intramolecular Hbond substituents is 1. The predicted octanol–water partition coefficient (Wildman–Crippen LogP) is 3.08. The highest BCUT2D eigenvalue weighted by molar-refractivity contribution is 5.78. The number of hydrogen-bond acceptors (Lipinski definition) is 3. The summed E-state index contributed by atoms with van der Waals surface area (Å²) in [4.78, 5) is 11.9. The lowest BCUT2D eigenvalue weighted by atomic mass is 9.86. The van der Waals surface area contributed by atoms with Crippen molar-refractivity contribution in [2.75, 3.05) is 6.54 Å². The Morgan fingerprint density at radius 1 is 1.04 bits per heavy atom. The SMILES string of the molecule is CC(C)(C)c1ccc(C(O)CNC(=O)Cc2ccc(O)cc2)cc1. The lowest BCUT2D eigenvalue weighted by molar-refractivity contribution is -0.120. The Balaban J connectivity index is 1.87. The van der Waals surface area contributed by atoms with E-state index in [2.05, 4.69) is 26.1 Å². The van der Waals surface area contributed by atoms with Crippen LogP contribution >= 0.6 is 0 Å². The average Bonchev–Trinajstić information content (AvgIpc) is 2.54. The minimum Gasteiger partial charge on any atom is -0.508 e. The van der Waals surface area contributed by atoms with Crippen molar-refractivity contribution in [2.45, 2.75) is 38.7 Å². The lowest BCUT2D eigenvalue weighted by Crippen LogP contribution is -2.29. The van der Waals surface area contributed by atoms with Gasteiger partial charge in [0.2, 0.25) is 5.91 Å². The van der Waals surface area contributed by atoms with Gasteiger partial charge in [-0.3, -0.25) is 4.79 Å². The van der Waals surface area contributed by atoms with Crippen LogP contribution < -0.4 is 5.32 Å². The fraction of sp³-hybridized carbons (Fsp3) is 0.350. The molecule has 0 saturated heterocycles. The lowest BCUT2D eigenvalue weighted by Gasteiger charge is -2.20. The van der Waals surface area contributed by atoms with E-state index in [0.29, 0.717) is 0 Å². The molecule has 1 atom stereocenters. The van der Waals surface area contributed by atoms with Crippen molar-refractivity contribution < 1.29 is 15.0 Å². The van der Waals surface area contributed by atoms with E-state index < -0.39 is 6.10 Å². The standard InChI is InChI=1S/C20H25NO3/c1-20(2,3)16-8-6-15(7-9-16)18(23)13-21-19(24)12-14-4-10-17(22)11-5-14/h4-11,18,22-23H,12-13H2,1-3H3,(H,21,24). The average molecular weight is 327 g/mol. The van der Waals surface area contributed by atoms with E-state index in [4.69, 9.17) is 0 Å². The Labute approximate surface area is 143 Å². The van der Waals surface area contributed by atoms with Crippen molar-refractivity contribution in [1.29, 1.82) is 0 Å². The molecule has 2 aromatic rings. The third kappa shape index (κ3) is 5.10. The molecular weight excluding hydrogens is 302 g/mol. The monoisotopic (exact) mass is 327 g/mol. The highest BCUT2D eigenvalue weighted by Gasteiger charge is 2.15. The molecule has 3 N–H and O–H groups in total. The largest absolute Gasteiger partial charge is 0.508 e. The molecule has 0 aliphatic carbocycles. The van der Waals surface area contributed by atoms with Crippen molar-refractivity contribution in [3.05, 3.63) is 65.2 Å². The van der Waals surface area contributed by atoms with Gasteiger partial charge in [-0.25, -0.2) is 0 Å². The summed E-state index contributed by atoms with van der Waals surface area (Å²) in [5.41, 5.74) is 2.87. The number of aliphatic hydroxyl groups excluding tert-OH is 1. The van der Waals surface area contributed by atoms with Crippen LogP contribution in [-0.4, -0.2) is 22.7 Å². The van der Waals surface area contributed by atoms with Crippen molar-refractivity contribution >= 4 is 5.91 Å². The van der Waals surface area contributed by atoms with E-state index >= 15 is 0 Å². The molecule has 4 nitrogen and oxygen atoms in total. The molecule has 4 heteroatoms. The Bertz CT molecular complexity index is 670. The number of aromatic hydroxyl groups is 1. The Morgan fingerprint density at radius 3 is 2.17 bits per heavy atom. The first-order valence-electron chi connectivity index (χ1n) is 8.09. The van der Waals surface area contributed by atoms with Gasteiger partial charge in [0.1, 0.15) is 5.75 Å². The number of benzene rings is 2. The second kappa shape index (κ2) is 7.49. The van der Waals surface area contributed by atoms with Crippen molar-refractivity contribution in [3.63, 3.8) is 0 Å². The Hall–Kier alpha value is -2.33. The van der Waals surface area contributed by atoms with Crippen LogP contribution in [0.25, 0.3) is 0 Å². The molecule has 0 spiro atoms. The highest BCUT2D eigenvalue weighted by Crippen LogP contribution is 2.23. The van der Waals surface area contributed by atoms with E-state index in [-0.39, 0.29) is 30.0 Å². The van der Waals surface area contributed by atoms with E-state index in [9.17, 15) is 15.0 Å². The molecule has 128 valence electrons. The van der Waals surface area contributed by atoms with E-state index in [1.807, 2.05) is 24.3 Å². The van der Waals surface area contributed by atoms with E-state index in [0.717, 1.165) is 11.1 Å². The summed E-state index contributed by atoms with van der Waals surface area (Å²) in [5, 5.41) is 22.2. The Morgan fingerprint density at radius 2 is 1.62 bits per heavy atom. The maximum atomic E-state index is 11.9. The molecule has 24 heavy (non-hydrogen) atoms. The van der Waals surface area contributed by atoms with Gasteiger partial charge in [-0.2, -0.15) is 0 Å². The molecular formula is C20H25NO3. The number of aliphatic hydroxyl groups is 1. The van der Waals surface area contributed by atoms with Gasteiger partial charge in [0.15, 0.2) is 0 Å². The molecule has 0 aromatic heterocycles. The zero-order chi connectivity index (χ0) is 17.7.